The molecule has 2 aromatic carbocycles. The first-order chi connectivity index (χ1) is 14.7. The van der Waals surface area contributed by atoms with Crippen molar-refractivity contribution >= 4 is 16.7 Å². The molecular weight excluding hydrogens is 569 g/mol. The van der Waals surface area contributed by atoms with Gasteiger partial charge in [-0.05, 0) is 40.9 Å². The summed E-state index contributed by atoms with van der Waals surface area (Å²) < 4.78 is 2.03. The third-order valence-corrected chi connectivity index (χ3v) is 4.48. The number of fused-ring (bicyclic) bond motifs is 1. The van der Waals surface area contributed by atoms with E-state index in [4.69, 9.17) is 5.11 Å². The zero-order valence-electron chi connectivity index (χ0n) is 16.3. The Morgan fingerprint density at radius 1 is 0.806 bits per heavy atom. The maximum absolute atomic E-state index is 10.1. The largest absolute Gasteiger partial charge is 0.477 e. The Hall–Kier alpha value is -3.56. The summed E-state index contributed by atoms with van der Waals surface area (Å²) in [5, 5.41) is 10.8. The van der Waals surface area contributed by atoms with Crippen LogP contribution in [0.15, 0.2) is 104 Å². The summed E-state index contributed by atoms with van der Waals surface area (Å²) in [5.41, 5.74) is 3.16. The minimum Gasteiger partial charge on any atom is -0.477 e. The van der Waals surface area contributed by atoms with Crippen molar-refractivity contribution < 1.29 is 31.0 Å². The Morgan fingerprint density at radius 3 is 2.19 bits per heavy atom. The number of hydrogen-bond donors (Lipinski definition) is 1. The number of carbonyl (C=O) groups is 1. The second-order valence-electron chi connectivity index (χ2n) is 6.44. The van der Waals surface area contributed by atoms with Crippen LogP contribution >= 0.6 is 0 Å². The molecule has 6 heteroatoms. The van der Waals surface area contributed by atoms with Gasteiger partial charge in [0.15, 0.2) is 0 Å². The summed E-state index contributed by atoms with van der Waals surface area (Å²) >= 11 is 0. The van der Waals surface area contributed by atoms with Gasteiger partial charge in [-0.1, -0.05) is 72.4 Å². The van der Waals surface area contributed by atoms with Gasteiger partial charge in [-0.15, -0.1) is 6.07 Å². The Balaban J connectivity index is 0.000000232. The van der Waals surface area contributed by atoms with Crippen LogP contribution in [-0.4, -0.2) is 25.6 Å². The van der Waals surface area contributed by atoms with E-state index in [-0.39, 0.29) is 26.8 Å². The second-order valence-corrected chi connectivity index (χ2v) is 6.44. The van der Waals surface area contributed by atoms with Crippen LogP contribution < -0.4 is 0 Å². The van der Waals surface area contributed by atoms with Gasteiger partial charge in [-0.3, -0.25) is 4.98 Å². The molecule has 156 valence electrons. The van der Waals surface area contributed by atoms with Gasteiger partial charge in [0, 0.05) is 39.2 Å². The van der Waals surface area contributed by atoms with Crippen LogP contribution in [0.1, 0.15) is 10.5 Å². The molecular formula is C25H18N3O2Pt-. The molecule has 0 aliphatic rings. The van der Waals surface area contributed by atoms with E-state index >= 15 is 0 Å². The molecule has 0 radical (unpaired) electrons. The Kier molecular flexibility index (Phi) is 7.47. The molecule has 0 bridgehead atoms. The SMILES string of the molecule is O=C(O)c1ccccn1.[Pt].[c-]1c(-c2ccccn2)ccn1-c1cccc2ccccc12. The molecule has 0 aliphatic heterocycles. The molecule has 0 amide bonds. The van der Waals surface area contributed by atoms with Crippen LogP contribution in [0.2, 0.25) is 0 Å². The Bertz CT molecular complexity index is 1270. The van der Waals surface area contributed by atoms with Gasteiger partial charge in [0.2, 0.25) is 0 Å². The molecule has 0 saturated heterocycles. The zero-order valence-corrected chi connectivity index (χ0v) is 18.6. The van der Waals surface area contributed by atoms with Crippen LogP contribution in [-0.2, 0) is 21.1 Å². The average Bonchev–Trinajstić information content (AvgIpc) is 3.30. The molecule has 31 heavy (non-hydrogen) atoms. The van der Waals surface area contributed by atoms with Crippen LogP contribution in [0, 0.1) is 6.20 Å². The summed E-state index contributed by atoms with van der Waals surface area (Å²) in [7, 11) is 0. The predicted molar refractivity (Wildman–Crippen MR) is 117 cm³/mol. The van der Waals surface area contributed by atoms with Gasteiger partial charge in [-0.2, -0.15) is 0 Å². The molecule has 5 aromatic rings. The quantitative estimate of drug-likeness (QED) is 0.292. The first-order valence-electron chi connectivity index (χ1n) is 9.37. The van der Waals surface area contributed by atoms with E-state index in [9.17, 15) is 4.79 Å². The van der Waals surface area contributed by atoms with E-state index < -0.39 is 5.97 Å². The smallest absolute Gasteiger partial charge is 0.354 e. The van der Waals surface area contributed by atoms with Crippen LogP contribution in [0.5, 0.6) is 0 Å². The summed E-state index contributed by atoms with van der Waals surface area (Å²) in [6, 6.07) is 27.4. The van der Waals surface area contributed by atoms with Crippen molar-refractivity contribution in [3.63, 3.8) is 0 Å². The maximum Gasteiger partial charge on any atom is 0.354 e. The first kappa shape index (κ1) is 22.1. The van der Waals surface area contributed by atoms with Crippen molar-refractivity contribution in [2.24, 2.45) is 0 Å². The third-order valence-electron chi connectivity index (χ3n) is 4.48. The number of aromatic nitrogens is 3. The number of benzene rings is 2. The van der Waals surface area contributed by atoms with Gasteiger partial charge in [0.05, 0.1) is 0 Å². The van der Waals surface area contributed by atoms with Crippen LogP contribution in [0.25, 0.3) is 27.7 Å². The van der Waals surface area contributed by atoms with Crippen molar-refractivity contribution in [1.29, 1.82) is 0 Å². The predicted octanol–water partition coefficient (Wildman–Crippen LogP) is 5.27. The van der Waals surface area contributed by atoms with Crippen LogP contribution in [0.4, 0.5) is 0 Å². The van der Waals surface area contributed by atoms with Gasteiger partial charge in [-0.25, -0.2) is 9.78 Å². The molecule has 0 atom stereocenters. The van der Waals surface area contributed by atoms with Gasteiger partial charge in [0.25, 0.3) is 0 Å². The van der Waals surface area contributed by atoms with E-state index in [1.807, 2.05) is 35.0 Å². The van der Waals surface area contributed by atoms with E-state index in [1.54, 1.807) is 18.3 Å². The minimum atomic E-state index is -0.990. The summed E-state index contributed by atoms with van der Waals surface area (Å²) in [6.45, 7) is 0. The Labute approximate surface area is 194 Å². The summed E-state index contributed by atoms with van der Waals surface area (Å²) in [6.07, 6.45) is 8.68. The number of hydrogen-bond acceptors (Lipinski definition) is 3. The second kappa shape index (κ2) is 10.5. The molecule has 1 N–H and O–H groups in total. The average molecular weight is 588 g/mol. The van der Waals surface area contributed by atoms with Gasteiger partial charge < -0.3 is 9.67 Å². The molecule has 0 saturated carbocycles. The van der Waals surface area contributed by atoms with E-state index in [2.05, 4.69) is 58.6 Å². The summed E-state index contributed by atoms with van der Waals surface area (Å²) in [5.74, 6) is -0.990. The molecule has 0 fully saturated rings. The minimum absolute atomic E-state index is 0. The van der Waals surface area contributed by atoms with Crippen molar-refractivity contribution in [2.75, 3.05) is 0 Å². The standard InChI is InChI=1S/C19H13N2.C6H5NO2.Pt/c1-2-8-17-15(6-1)7-5-10-19(17)21-13-11-16(14-21)18-9-3-4-12-20-18;8-6(9)5-3-1-2-4-7-5;/h1-13H;1-4H,(H,8,9);/q-1;;. The van der Waals surface area contributed by atoms with Crippen molar-refractivity contribution in [2.45, 2.75) is 0 Å². The van der Waals surface area contributed by atoms with Crippen molar-refractivity contribution in [3.05, 3.63) is 115 Å². The number of aromatic carboxylic acids is 1. The number of pyridine rings is 2. The molecule has 0 unspecified atom stereocenters. The Morgan fingerprint density at radius 2 is 1.52 bits per heavy atom. The molecule has 5 rings (SSSR count). The van der Waals surface area contributed by atoms with Gasteiger partial charge >= 0.3 is 5.97 Å². The van der Waals surface area contributed by atoms with Crippen molar-refractivity contribution in [3.8, 4) is 16.9 Å². The van der Waals surface area contributed by atoms with Crippen LogP contribution in [0.3, 0.4) is 0 Å². The number of nitrogens with zero attached hydrogens (tertiary/aromatic N) is 3. The fraction of sp³-hybridized carbons (Fsp3) is 0. The van der Waals surface area contributed by atoms with E-state index in [0.29, 0.717) is 0 Å². The fourth-order valence-corrected chi connectivity index (χ4v) is 3.07. The topological polar surface area (TPSA) is 68.0 Å². The first-order valence-corrected chi connectivity index (χ1v) is 9.37. The third kappa shape index (κ3) is 5.33. The molecule has 3 heterocycles. The fourth-order valence-electron chi connectivity index (χ4n) is 3.07. The normalized spacial score (nSPS) is 9.94. The molecule has 0 aliphatic carbocycles. The number of carboxylic acids is 1. The maximum atomic E-state index is 10.1. The summed E-state index contributed by atoms with van der Waals surface area (Å²) in [4.78, 5) is 18.1. The van der Waals surface area contributed by atoms with Crippen molar-refractivity contribution in [1.82, 2.24) is 14.5 Å². The molecule has 5 nitrogen and oxygen atoms in total. The molecule has 3 aromatic heterocycles. The zero-order chi connectivity index (χ0) is 20.8. The van der Waals surface area contributed by atoms with E-state index in [1.165, 1.54) is 23.0 Å². The van der Waals surface area contributed by atoms with E-state index in [0.717, 1.165) is 16.9 Å². The number of carboxylic acid groups (broad SMARTS) is 1. The monoisotopic (exact) mass is 587 g/mol. The molecule has 0 spiro atoms. The number of rotatable bonds is 3. The van der Waals surface area contributed by atoms with Gasteiger partial charge in [0.1, 0.15) is 5.69 Å².